The Kier molecular flexibility index (Phi) is 3.99. The highest BCUT2D eigenvalue weighted by atomic mass is 19.1. The number of aromatic carboxylic acids is 1. The van der Waals surface area contributed by atoms with Gasteiger partial charge in [-0.05, 0) is 38.8 Å². The predicted octanol–water partition coefficient (Wildman–Crippen LogP) is 2.36. The van der Waals surface area contributed by atoms with Gasteiger partial charge < -0.3 is 19.9 Å². The molecule has 1 saturated heterocycles. The number of halogens is 1. The van der Waals surface area contributed by atoms with E-state index in [0.717, 1.165) is 12.8 Å². The third kappa shape index (κ3) is 2.86. The zero-order valence-electron chi connectivity index (χ0n) is 14.8. The van der Waals surface area contributed by atoms with Gasteiger partial charge in [0.1, 0.15) is 11.4 Å². The number of fused-ring (bicyclic) bond motifs is 1. The van der Waals surface area contributed by atoms with Crippen LogP contribution in [0.25, 0.3) is 10.9 Å². The molecule has 1 aliphatic carbocycles. The topological polar surface area (TPSA) is 74.6 Å². The number of piperazine rings is 1. The maximum atomic E-state index is 14.9. The molecule has 1 aromatic heterocycles. The highest BCUT2D eigenvalue weighted by molar-refractivity contribution is 5.93. The lowest BCUT2D eigenvalue weighted by Gasteiger charge is -2.38. The minimum absolute atomic E-state index is 0.134. The highest BCUT2D eigenvalue weighted by Crippen LogP contribution is 2.38. The van der Waals surface area contributed by atoms with E-state index in [0.29, 0.717) is 24.3 Å². The maximum absolute atomic E-state index is 14.9. The predicted molar refractivity (Wildman–Crippen MR) is 97.7 cm³/mol. The van der Waals surface area contributed by atoms with Crippen LogP contribution in [0.4, 0.5) is 10.1 Å². The standard InChI is InChI=1S/C19H22FN3O3/c1-10-7-22(8-11(2)21-10)17-6-16-13(5-15(17)20)18(24)14(19(25)26)9-23(16)12-3-4-12/h5-6,9-12,21H,3-4,7-8H2,1-2H3,(H,25,26)/t10-,11+. The third-order valence-electron chi connectivity index (χ3n) is 5.17. The lowest BCUT2D eigenvalue weighted by Crippen LogP contribution is -2.54. The number of nitrogens with zero attached hydrogens (tertiary/aromatic N) is 2. The summed E-state index contributed by atoms with van der Waals surface area (Å²) in [6.07, 6.45) is 3.28. The summed E-state index contributed by atoms with van der Waals surface area (Å²) in [6.45, 7) is 5.46. The molecule has 6 nitrogen and oxygen atoms in total. The van der Waals surface area contributed by atoms with Crippen molar-refractivity contribution in [2.75, 3.05) is 18.0 Å². The van der Waals surface area contributed by atoms with Gasteiger partial charge in [-0.25, -0.2) is 9.18 Å². The number of carboxylic acid groups (broad SMARTS) is 1. The molecular formula is C19H22FN3O3. The van der Waals surface area contributed by atoms with E-state index in [1.54, 1.807) is 6.07 Å². The Bertz CT molecular complexity index is 941. The number of carbonyl (C=O) groups is 1. The SMILES string of the molecule is C[C@@H]1CN(c2cc3c(cc2F)c(=O)c(C(=O)O)cn3C2CC2)C[C@H](C)N1. The molecular weight excluding hydrogens is 337 g/mol. The number of benzene rings is 1. The number of hydrogen-bond acceptors (Lipinski definition) is 4. The molecule has 0 unspecified atom stereocenters. The second-order valence-electron chi connectivity index (χ2n) is 7.51. The van der Waals surface area contributed by atoms with Crippen molar-refractivity contribution >= 4 is 22.6 Å². The molecule has 26 heavy (non-hydrogen) atoms. The molecule has 0 bridgehead atoms. The molecule has 1 saturated carbocycles. The van der Waals surface area contributed by atoms with Crippen LogP contribution >= 0.6 is 0 Å². The van der Waals surface area contributed by atoms with Crippen LogP contribution in [0, 0.1) is 5.82 Å². The number of pyridine rings is 1. The number of rotatable bonds is 3. The molecule has 2 aromatic rings. The van der Waals surface area contributed by atoms with Crippen molar-refractivity contribution in [3.05, 3.63) is 39.9 Å². The largest absolute Gasteiger partial charge is 0.477 e. The molecule has 2 N–H and O–H groups in total. The Labute approximate surface area is 150 Å². The van der Waals surface area contributed by atoms with Crippen molar-refractivity contribution in [2.24, 2.45) is 0 Å². The summed E-state index contributed by atoms with van der Waals surface area (Å²) in [5, 5.41) is 12.9. The zero-order valence-corrected chi connectivity index (χ0v) is 14.8. The van der Waals surface area contributed by atoms with E-state index in [2.05, 4.69) is 19.2 Å². The molecule has 0 radical (unpaired) electrons. The van der Waals surface area contributed by atoms with Crippen LogP contribution in [0.1, 0.15) is 43.1 Å². The van der Waals surface area contributed by atoms with E-state index in [4.69, 9.17) is 0 Å². The zero-order chi connectivity index (χ0) is 18.6. The first-order valence-electron chi connectivity index (χ1n) is 8.98. The molecule has 1 aliphatic heterocycles. The van der Waals surface area contributed by atoms with E-state index in [1.165, 1.54) is 12.3 Å². The molecule has 2 atom stereocenters. The Hall–Kier alpha value is -2.41. The third-order valence-corrected chi connectivity index (χ3v) is 5.17. The fraction of sp³-hybridized carbons (Fsp3) is 0.474. The average Bonchev–Trinajstić information content (AvgIpc) is 3.38. The Balaban J connectivity index is 1.91. The number of aromatic nitrogens is 1. The van der Waals surface area contributed by atoms with Gasteiger partial charge in [0.15, 0.2) is 0 Å². The number of anilines is 1. The molecule has 7 heteroatoms. The average molecular weight is 359 g/mol. The highest BCUT2D eigenvalue weighted by Gasteiger charge is 2.29. The van der Waals surface area contributed by atoms with Gasteiger partial charge in [-0.2, -0.15) is 0 Å². The quantitative estimate of drug-likeness (QED) is 0.880. The summed E-state index contributed by atoms with van der Waals surface area (Å²) in [5.74, 6) is -1.76. The summed E-state index contributed by atoms with van der Waals surface area (Å²) < 4.78 is 16.7. The van der Waals surface area contributed by atoms with E-state index in [-0.39, 0.29) is 29.1 Å². The van der Waals surface area contributed by atoms with Crippen LogP contribution in [0.3, 0.4) is 0 Å². The van der Waals surface area contributed by atoms with E-state index >= 15 is 0 Å². The monoisotopic (exact) mass is 359 g/mol. The fourth-order valence-corrected chi connectivity index (χ4v) is 3.93. The van der Waals surface area contributed by atoms with Gasteiger partial charge >= 0.3 is 5.97 Å². The second kappa shape index (κ2) is 6.09. The summed E-state index contributed by atoms with van der Waals surface area (Å²) in [6, 6.07) is 3.55. The normalized spacial score (nSPS) is 23.4. The first-order valence-corrected chi connectivity index (χ1v) is 8.98. The minimum Gasteiger partial charge on any atom is -0.477 e. The second-order valence-corrected chi connectivity index (χ2v) is 7.51. The van der Waals surface area contributed by atoms with E-state index < -0.39 is 17.2 Å². The van der Waals surface area contributed by atoms with Crippen molar-refractivity contribution in [3.63, 3.8) is 0 Å². The Morgan fingerprint density at radius 2 is 1.88 bits per heavy atom. The summed E-state index contributed by atoms with van der Waals surface area (Å²) in [4.78, 5) is 25.9. The first kappa shape index (κ1) is 17.0. The number of carboxylic acids is 1. The molecule has 138 valence electrons. The smallest absolute Gasteiger partial charge is 0.341 e. The molecule has 2 fully saturated rings. The van der Waals surface area contributed by atoms with Crippen molar-refractivity contribution in [2.45, 2.75) is 44.8 Å². The van der Waals surface area contributed by atoms with Crippen LogP contribution in [0.5, 0.6) is 0 Å². The van der Waals surface area contributed by atoms with Crippen LogP contribution in [0.2, 0.25) is 0 Å². The van der Waals surface area contributed by atoms with Crippen molar-refractivity contribution in [1.29, 1.82) is 0 Å². The van der Waals surface area contributed by atoms with Crippen LogP contribution in [-0.4, -0.2) is 40.8 Å². The molecule has 2 aliphatic rings. The van der Waals surface area contributed by atoms with Crippen molar-refractivity contribution in [1.82, 2.24) is 9.88 Å². The summed E-state index contributed by atoms with van der Waals surface area (Å²) >= 11 is 0. The van der Waals surface area contributed by atoms with Gasteiger partial charge in [-0.15, -0.1) is 0 Å². The number of hydrogen-bond donors (Lipinski definition) is 2. The lowest BCUT2D eigenvalue weighted by atomic mass is 10.1. The van der Waals surface area contributed by atoms with Crippen LogP contribution in [0.15, 0.2) is 23.1 Å². The van der Waals surface area contributed by atoms with Crippen LogP contribution in [-0.2, 0) is 0 Å². The molecule has 4 rings (SSSR count). The van der Waals surface area contributed by atoms with E-state index in [9.17, 15) is 19.1 Å². The van der Waals surface area contributed by atoms with E-state index in [1.807, 2.05) is 9.47 Å². The van der Waals surface area contributed by atoms with Crippen LogP contribution < -0.4 is 15.6 Å². The van der Waals surface area contributed by atoms with Gasteiger partial charge in [0.05, 0.1) is 11.2 Å². The first-order chi connectivity index (χ1) is 12.3. The maximum Gasteiger partial charge on any atom is 0.341 e. The van der Waals surface area contributed by atoms with Gasteiger partial charge in [0, 0.05) is 42.8 Å². The molecule has 1 aromatic carbocycles. The van der Waals surface area contributed by atoms with Gasteiger partial charge in [-0.3, -0.25) is 4.79 Å². The summed E-state index contributed by atoms with van der Waals surface area (Å²) in [5.41, 5.74) is 0.144. The van der Waals surface area contributed by atoms with Gasteiger partial charge in [0.25, 0.3) is 0 Å². The fourth-order valence-electron chi connectivity index (χ4n) is 3.93. The molecule has 0 spiro atoms. The minimum atomic E-state index is -1.28. The summed E-state index contributed by atoms with van der Waals surface area (Å²) in [7, 11) is 0. The lowest BCUT2D eigenvalue weighted by molar-refractivity contribution is 0.0695. The Morgan fingerprint density at radius 1 is 1.23 bits per heavy atom. The van der Waals surface area contributed by atoms with Gasteiger partial charge in [0.2, 0.25) is 5.43 Å². The van der Waals surface area contributed by atoms with Gasteiger partial charge in [-0.1, -0.05) is 0 Å². The molecule has 0 amide bonds. The number of nitrogens with one attached hydrogen (secondary N) is 1. The van der Waals surface area contributed by atoms with Crippen molar-refractivity contribution < 1.29 is 14.3 Å². The van der Waals surface area contributed by atoms with Crippen molar-refractivity contribution in [3.8, 4) is 0 Å². The Morgan fingerprint density at radius 3 is 2.46 bits per heavy atom. The molecule has 2 heterocycles.